The van der Waals surface area contributed by atoms with Crippen LogP contribution in [0.4, 0.5) is 10.1 Å². The molecule has 0 N–H and O–H groups in total. The second-order valence-electron chi connectivity index (χ2n) is 7.80. The summed E-state index contributed by atoms with van der Waals surface area (Å²) in [6.07, 6.45) is 2.44. The van der Waals surface area contributed by atoms with Gasteiger partial charge in [0.2, 0.25) is 0 Å². The number of rotatable bonds is 4. The number of hydrogen-bond donors (Lipinski definition) is 0. The van der Waals surface area contributed by atoms with E-state index < -0.39 is 0 Å². The van der Waals surface area contributed by atoms with Crippen LogP contribution in [0.5, 0.6) is 0 Å². The Kier molecular flexibility index (Phi) is 4.17. The van der Waals surface area contributed by atoms with E-state index in [-0.39, 0.29) is 5.82 Å². The molecule has 2 aromatic rings. The molecule has 0 unspecified atom stereocenters. The Morgan fingerprint density at radius 2 is 1.77 bits per heavy atom. The Bertz CT molecular complexity index is 736. The molecule has 0 radical (unpaired) electrons. The van der Waals surface area contributed by atoms with Crippen LogP contribution >= 0.6 is 0 Å². The van der Waals surface area contributed by atoms with Gasteiger partial charge in [0.15, 0.2) is 0 Å². The van der Waals surface area contributed by atoms with Gasteiger partial charge in [0.1, 0.15) is 5.82 Å². The third-order valence-electron chi connectivity index (χ3n) is 6.06. The summed E-state index contributed by atoms with van der Waals surface area (Å²) < 4.78 is 15.3. The number of aryl methyl sites for hydroxylation is 2. The zero-order valence-corrected chi connectivity index (χ0v) is 15.1. The first kappa shape index (κ1) is 16.3. The molecule has 3 aliphatic heterocycles. The molecular formula is C20H26FN5. The van der Waals surface area contributed by atoms with Gasteiger partial charge in [-0.05, 0) is 43.2 Å². The zero-order valence-electron chi connectivity index (χ0n) is 15.1. The molecule has 5 rings (SSSR count). The maximum atomic E-state index is 13.1. The minimum absolute atomic E-state index is 0.162. The van der Waals surface area contributed by atoms with E-state index in [1.807, 2.05) is 12.1 Å². The van der Waals surface area contributed by atoms with E-state index in [4.69, 9.17) is 5.10 Å². The third-order valence-corrected chi connectivity index (χ3v) is 6.06. The van der Waals surface area contributed by atoms with Crippen molar-refractivity contribution in [2.75, 3.05) is 44.2 Å². The Balaban J connectivity index is 1.09. The molecule has 2 fully saturated rings. The van der Waals surface area contributed by atoms with Crippen LogP contribution in [0.1, 0.15) is 17.8 Å². The summed E-state index contributed by atoms with van der Waals surface area (Å²) in [5, 5.41) is 4.73. The zero-order chi connectivity index (χ0) is 17.5. The van der Waals surface area contributed by atoms with E-state index in [9.17, 15) is 4.39 Å². The van der Waals surface area contributed by atoms with Crippen LogP contribution in [-0.4, -0.2) is 64.9 Å². The smallest absolute Gasteiger partial charge is 0.123 e. The standard InChI is InChI=1S/C20H26FN5/c21-16-3-5-18(6-4-16)24-8-10-25(11-9-24)20-14-23(15-20)13-17-12-19-2-1-7-26(19)22-17/h3-6,12,20H,1-2,7-11,13-15H2. The van der Waals surface area contributed by atoms with Crippen molar-refractivity contribution in [3.63, 3.8) is 0 Å². The van der Waals surface area contributed by atoms with Gasteiger partial charge in [-0.1, -0.05) is 0 Å². The highest BCUT2D eigenvalue weighted by molar-refractivity contribution is 5.46. The van der Waals surface area contributed by atoms with Gasteiger partial charge in [-0.15, -0.1) is 0 Å². The first-order chi connectivity index (χ1) is 12.7. The second-order valence-corrected chi connectivity index (χ2v) is 7.80. The molecule has 0 atom stereocenters. The van der Waals surface area contributed by atoms with Crippen molar-refractivity contribution < 1.29 is 4.39 Å². The summed E-state index contributed by atoms with van der Waals surface area (Å²) in [7, 11) is 0. The molecule has 1 aromatic heterocycles. The van der Waals surface area contributed by atoms with Gasteiger partial charge in [-0.25, -0.2) is 4.39 Å². The van der Waals surface area contributed by atoms with Crippen molar-refractivity contribution in [2.45, 2.75) is 32.0 Å². The summed E-state index contributed by atoms with van der Waals surface area (Å²) in [6.45, 7) is 8.62. The fraction of sp³-hybridized carbons (Fsp3) is 0.550. The van der Waals surface area contributed by atoms with Gasteiger partial charge in [-0.3, -0.25) is 14.5 Å². The number of nitrogens with zero attached hydrogens (tertiary/aromatic N) is 5. The van der Waals surface area contributed by atoms with E-state index in [1.54, 1.807) is 12.1 Å². The summed E-state index contributed by atoms with van der Waals surface area (Å²) >= 11 is 0. The van der Waals surface area contributed by atoms with Crippen molar-refractivity contribution in [3.8, 4) is 0 Å². The lowest BCUT2D eigenvalue weighted by molar-refractivity contribution is 0.0248. The van der Waals surface area contributed by atoms with Gasteiger partial charge in [0, 0.05) is 69.8 Å². The van der Waals surface area contributed by atoms with E-state index in [0.717, 1.165) is 58.0 Å². The molecule has 0 amide bonds. The highest BCUT2D eigenvalue weighted by Gasteiger charge is 2.33. The molecule has 138 valence electrons. The highest BCUT2D eigenvalue weighted by atomic mass is 19.1. The SMILES string of the molecule is Fc1ccc(N2CCN(C3CN(Cc4cc5n(n4)CCC5)C3)CC2)cc1. The normalized spacial score (nSPS) is 21.8. The van der Waals surface area contributed by atoms with Gasteiger partial charge in [0.05, 0.1) is 5.69 Å². The maximum Gasteiger partial charge on any atom is 0.123 e. The Hall–Kier alpha value is -1.92. The van der Waals surface area contributed by atoms with Crippen LogP contribution in [0, 0.1) is 5.82 Å². The van der Waals surface area contributed by atoms with Gasteiger partial charge in [-0.2, -0.15) is 5.10 Å². The average Bonchev–Trinajstić information content (AvgIpc) is 3.20. The summed E-state index contributed by atoms with van der Waals surface area (Å²) in [5.74, 6) is -0.162. The fourth-order valence-corrected chi connectivity index (χ4v) is 4.53. The van der Waals surface area contributed by atoms with Crippen LogP contribution in [-0.2, 0) is 19.5 Å². The molecule has 0 aliphatic carbocycles. The van der Waals surface area contributed by atoms with E-state index in [2.05, 4.69) is 25.4 Å². The number of likely N-dealkylation sites (tertiary alicyclic amines) is 1. The number of fused-ring (bicyclic) bond motifs is 1. The topological polar surface area (TPSA) is 27.5 Å². The number of anilines is 1. The largest absolute Gasteiger partial charge is 0.369 e. The fourth-order valence-electron chi connectivity index (χ4n) is 4.53. The molecule has 3 aliphatic rings. The summed E-state index contributed by atoms with van der Waals surface area (Å²) in [6, 6.07) is 9.85. The quantitative estimate of drug-likeness (QED) is 0.838. The van der Waals surface area contributed by atoms with Gasteiger partial charge in [0.25, 0.3) is 0 Å². The number of hydrogen-bond acceptors (Lipinski definition) is 4. The number of benzene rings is 1. The van der Waals surface area contributed by atoms with Crippen molar-refractivity contribution in [1.29, 1.82) is 0 Å². The van der Waals surface area contributed by atoms with E-state index in [0.29, 0.717) is 6.04 Å². The van der Waals surface area contributed by atoms with Crippen LogP contribution in [0.3, 0.4) is 0 Å². The monoisotopic (exact) mass is 355 g/mol. The Morgan fingerprint density at radius 1 is 1.00 bits per heavy atom. The first-order valence-corrected chi connectivity index (χ1v) is 9.77. The number of piperazine rings is 1. The summed E-state index contributed by atoms with van der Waals surface area (Å²) in [4.78, 5) is 7.48. The van der Waals surface area contributed by atoms with Crippen LogP contribution in [0.2, 0.25) is 0 Å². The minimum atomic E-state index is -0.162. The average molecular weight is 355 g/mol. The predicted molar refractivity (Wildman–Crippen MR) is 99.8 cm³/mol. The molecular weight excluding hydrogens is 329 g/mol. The molecule has 5 nitrogen and oxygen atoms in total. The van der Waals surface area contributed by atoms with Crippen molar-refractivity contribution in [3.05, 3.63) is 47.5 Å². The predicted octanol–water partition coefficient (Wildman–Crippen LogP) is 1.97. The van der Waals surface area contributed by atoms with Gasteiger partial charge >= 0.3 is 0 Å². The molecule has 0 spiro atoms. The van der Waals surface area contributed by atoms with Crippen molar-refractivity contribution in [1.82, 2.24) is 19.6 Å². The lowest BCUT2D eigenvalue weighted by Gasteiger charge is -2.48. The molecule has 4 heterocycles. The summed E-state index contributed by atoms with van der Waals surface area (Å²) in [5.41, 5.74) is 3.78. The van der Waals surface area contributed by atoms with Crippen LogP contribution < -0.4 is 4.90 Å². The van der Waals surface area contributed by atoms with Crippen molar-refractivity contribution in [2.24, 2.45) is 0 Å². The molecule has 2 saturated heterocycles. The lowest BCUT2D eigenvalue weighted by Crippen LogP contribution is -2.62. The second kappa shape index (κ2) is 6.67. The third kappa shape index (κ3) is 3.12. The number of halogens is 1. The lowest BCUT2D eigenvalue weighted by atomic mass is 10.1. The van der Waals surface area contributed by atoms with Gasteiger partial charge < -0.3 is 4.90 Å². The maximum absolute atomic E-state index is 13.1. The molecule has 26 heavy (non-hydrogen) atoms. The molecule has 6 heteroatoms. The van der Waals surface area contributed by atoms with Crippen LogP contribution in [0.15, 0.2) is 30.3 Å². The minimum Gasteiger partial charge on any atom is -0.369 e. The van der Waals surface area contributed by atoms with E-state index >= 15 is 0 Å². The molecule has 1 aromatic carbocycles. The number of aromatic nitrogens is 2. The molecule has 0 saturated carbocycles. The Morgan fingerprint density at radius 3 is 2.50 bits per heavy atom. The van der Waals surface area contributed by atoms with Crippen molar-refractivity contribution >= 4 is 5.69 Å². The highest BCUT2D eigenvalue weighted by Crippen LogP contribution is 2.23. The van der Waals surface area contributed by atoms with E-state index in [1.165, 1.54) is 24.2 Å². The molecule has 0 bridgehead atoms. The van der Waals surface area contributed by atoms with Crippen LogP contribution in [0.25, 0.3) is 0 Å². The first-order valence-electron chi connectivity index (χ1n) is 9.77. The Labute approximate surface area is 154 Å².